The van der Waals surface area contributed by atoms with E-state index in [0.717, 1.165) is 17.8 Å². The third-order valence-corrected chi connectivity index (χ3v) is 5.66. The second-order valence-electron chi connectivity index (χ2n) is 7.92. The van der Waals surface area contributed by atoms with Gasteiger partial charge in [0.1, 0.15) is 12.7 Å². The average molecular weight is 421 g/mol. The quantitative estimate of drug-likeness (QED) is 0.594. The minimum Gasteiger partial charge on any atom is -0.446 e. The number of halogens is 2. The zero-order chi connectivity index (χ0) is 21.3. The molecule has 0 unspecified atom stereocenters. The van der Waals surface area contributed by atoms with E-state index in [9.17, 15) is 13.6 Å². The fourth-order valence-electron chi connectivity index (χ4n) is 3.75. The van der Waals surface area contributed by atoms with Crippen LogP contribution in [0.1, 0.15) is 56.5 Å². The van der Waals surface area contributed by atoms with Gasteiger partial charge in [0.2, 0.25) is 0 Å². The summed E-state index contributed by atoms with van der Waals surface area (Å²) in [6, 6.07) is 4.00. The fraction of sp³-hybridized carbons (Fsp3) is 0.550. The molecule has 2 aromatic heterocycles. The Kier molecular flexibility index (Phi) is 5.59. The van der Waals surface area contributed by atoms with Crippen molar-refractivity contribution in [2.75, 3.05) is 11.9 Å². The van der Waals surface area contributed by atoms with Crippen molar-refractivity contribution in [2.24, 2.45) is 0 Å². The molecular weight excluding hydrogens is 396 g/mol. The van der Waals surface area contributed by atoms with E-state index in [1.807, 2.05) is 6.07 Å². The molecule has 3 N–H and O–H groups in total. The zero-order valence-electron chi connectivity index (χ0n) is 16.8. The number of amides is 1. The summed E-state index contributed by atoms with van der Waals surface area (Å²) in [5, 5.41) is 12.8. The van der Waals surface area contributed by atoms with E-state index in [1.165, 1.54) is 6.92 Å². The number of nitrogens with zero attached hydrogens (tertiary/aromatic N) is 2. The number of nitrogens with one attached hydrogen (secondary N) is 3. The van der Waals surface area contributed by atoms with Gasteiger partial charge in [-0.3, -0.25) is 10.1 Å². The predicted octanol–water partition coefficient (Wildman–Crippen LogP) is 4.03. The number of aromatic amines is 1. The Morgan fingerprint density at radius 3 is 2.90 bits per heavy atom. The van der Waals surface area contributed by atoms with Crippen LogP contribution in [-0.2, 0) is 9.47 Å². The van der Waals surface area contributed by atoms with Crippen LogP contribution >= 0.6 is 0 Å². The third kappa shape index (κ3) is 4.53. The Balaban J connectivity index is 1.59. The summed E-state index contributed by atoms with van der Waals surface area (Å²) in [5.74, 6) is -2.47. The molecule has 1 saturated carbocycles. The summed E-state index contributed by atoms with van der Waals surface area (Å²) >= 11 is 0. The molecule has 2 aliphatic rings. The number of rotatable bonds is 0. The van der Waals surface area contributed by atoms with Gasteiger partial charge in [-0.15, -0.1) is 0 Å². The number of alkyl halides is 2. The summed E-state index contributed by atoms with van der Waals surface area (Å²) in [6.45, 7) is 2.03. The lowest BCUT2D eigenvalue weighted by Gasteiger charge is -2.26. The molecule has 2 aromatic rings. The zero-order valence-corrected chi connectivity index (χ0v) is 16.8. The van der Waals surface area contributed by atoms with Gasteiger partial charge >= 0.3 is 6.09 Å². The summed E-state index contributed by atoms with van der Waals surface area (Å²) in [4.78, 5) is 16.3. The lowest BCUT2D eigenvalue weighted by atomic mass is 10.0. The molecule has 162 valence electrons. The van der Waals surface area contributed by atoms with Gasteiger partial charge in [0, 0.05) is 29.6 Å². The molecule has 1 aliphatic heterocycles. The normalized spacial score (nSPS) is 29.1. The van der Waals surface area contributed by atoms with Gasteiger partial charge in [0.15, 0.2) is 5.82 Å². The summed E-state index contributed by atoms with van der Waals surface area (Å²) in [5.41, 5.74) is 2.18. The lowest BCUT2D eigenvalue weighted by molar-refractivity contribution is -0.114. The summed E-state index contributed by atoms with van der Waals surface area (Å²) in [7, 11) is 0. The number of hydrogen-bond donors (Lipinski definition) is 3. The maximum atomic E-state index is 14.5. The van der Waals surface area contributed by atoms with Crippen molar-refractivity contribution in [1.29, 1.82) is 0 Å². The molecule has 4 rings (SSSR count). The number of pyridine rings is 1. The van der Waals surface area contributed by atoms with Crippen LogP contribution in [0.3, 0.4) is 0 Å². The number of hydrogen-bond acceptors (Lipinski definition) is 6. The first-order valence-electron chi connectivity index (χ1n) is 10.0. The molecule has 4 atom stereocenters. The number of alkyl carbamates (subject to hydrolysis) is 1. The highest BCUT2D eigenvalue weighted by atomic mass is 19.3. The molecular formula is C20H25F2N5O3. The van der Waals surface area contributed by atoms with Gasteiger partial charge in [-0.1, -0.05) is 0 Å². The minimum absolute atomic E-state index is 0.157. The fourth-order valence-corrected chi connectivity index (χ4v) is 3.75. The largest absolute Gasteiger partial charge is 0.446 e. The molecule has 30 heavy (non-hydrogen) atoms. The minimum atomic E-state index is -3.27. The number of anilines is 2. The van der Waals surface area contributed by atoms with Crippen molar-refractivity contribution in [1.82, 2.24) is 20.5 Å². The van der Waals surface area contributed by atoms with Crippen LogP contribution in [0, 0.1) is 0 Å². The SMILES string of the molecule is C[C@@H]1OCC(F)(F)[C@@H](C)NC(=O)O[C@@H]2CC[C@@H](C2)c2cc(n[nH]2)Nc2ccnc1c2. The molecule has 0 radical (unpaired) electrons. The predicted molar refractivity (Wildman–Crippen MR) is 105 cm³/mol. The molecule has 8 nitrogen and oxygen atoms in total. The van der Waals surface area contributed by atoms with Crippen LogP contribution in [0.25, 0.3) is 0 Å². The second kappa shape index (κ2) is 8.17. The highest BCUT2D eigenvalue weighted by Crippen LogP contribution is 2.36. The van der Waals surface area contributed by atoms with Crippen molar-refractivity contribution < 1.29 is 23.0 Å². The van der Waals surface area contributed by atoms with E-state index >= 15 is 0 Å². The lowest BCUT2D eigenvalue weighted by Crippen LogP contribution is -2.48. The third-order valence-electron chi connectivity index (χ3n) is 5.66. The number of carbonyl (C=O) groups excluding carboxylic acids is 1. The van der Waals surface area contributed by atoms with Crippen LogP contribution in [0.15, 0.2) is 24.4 Å². The van der Waals surface area contributed by atoms with Gasteiger partial charge in [0.05, 0.1) is 17.8 Å². The number of ether oxygens (including phenoxy) is 2. The molecule has 1 aliphatic carbocycles. The molecule has 6 bridgehead atoms. The number of H-pyrrole nitrogens is 1. The van der Waals surface area contributed by atoms with E-state index in [1.54, 1.807) is 25.3 Å². The second-order valence-corrected chi connectivity index (χ2v) is 7.92. The first kappa shape index (κ1) is 20.5. The highest BCUT2D eigenvalue weighted by Gasteiger charge is 2.39. The van der Waals surface area contributed by atoms with E-state index in [0.29, 0.717) is 24.4 Å². The van der Waals surface area contributed by atoms with E-state index in [4.69, 9.17) is 9.47 Å². The average Bonchev–Trinajstić information content (AvgIpc) is 3.35. The van der Waals surface area contributed by atoms with Crippen molar-refractivity contribution in [3.05, 3.63) is 35.8 Å². The Hall–Kier alpha value is -2.75. The standard InChI is InChI=1S/C20H25F2N5O3/c1-11-16-8-14(5-6-23-16)25-18-9-17(26-27-18)13-3-4-15(7-13)30-19(28)24-12(2)20(21,22)10-29-11/h5-6,8-9,11-13,15H,3-4,7,10H2,1-2H3,(H,24,28)(H2,25,26,27)/t11-,12+,13-,15+/m0/s1. The molecule has 0 saturated heterocycles. The first-order valence-corrected chi connectivity index (χ1v) is 10.0. The van der Waals surface area contributed by atoms with Gasteiger partial charge in [-0.05, 0) is 45.2 Å². The molecule has 10 heteroatoms. The molecule has 1 fully saturated rings. The van der Waals surface area contributed by atoms with Crippen LogP contribution < -0.4 is 10.6 Å². The summed E-state index contributed by atoms with van der Waals surface area (Å²) in [6.07, 6.45) is 1.84. The maximum absolute atomic E-state index is 14.5. The van der Waals surface area contributed by atoms with Crippen molar-refractivity contribution in [2.45, 2.75) is 63.2 Å². The smallest absolute Gasteiger partial charge is 0.407 e. The van der Waals surface area contributed by atoms with Gasteiger partial charge in [-0.25, -0.2) is 13.6 Å². The topological polar surface area (TPSA) is 101 Å². The highest BCUT2D eigenvalue weighted by molar-refractivity contribution is 5.68. The van der Waals surface area contributed by atoms with Gasteiger partial charge < -0.3 is 20.1 Å². The molecule has 0 spiro atoms. The monoisotopic (exact) mass is 421 g/mol. The molecule has 3 heterocycles. The number of aromatic nitrogens is 3. The number of carbonyl (C=O) groups is 1. The van der Waals surface area contributed by atoms with Gasteiger partial charge in [0.25, 0.3) is 5.92 Å². The number of fused-ring (bicyclic) bond motifs is 7. The first-order chi connectivity index (χ1) is 14.3. The Labute approximate surface area is 172 Å². The Morgan fingerprint density at radius 2 is 2.07 bits per heavy atom. The maximum Gasteiger partial charge on any atom is 0.407 e. The van der Waals surface area contributed by atoms with Crippen molar-refractivity contribution in [3.8, 4) is 0 Å². The summed E-state index contributed by atoms with van der Waals surface area (Å²) < 4.78 is 39.7. The van der Waals surface area contributed by atoms with Crippen LogP contribution in [-0.4, -0.2) is 45.9 Å². The van der Waals surface area contributed by atoms with Crippen LogP contribution in [0.2, 0.25) is 0 Å². The van der Waals surface area contributed by atoms with Crippen molar-refractivity contribution >= 4 is 17.6 Å². The van der Waals surface area contributed by atoms with E-state index in [2.05, 4.69) is 25.8 Å². The van der Waals surface area contributed by atoms with E-state index in [-0.39, 0.29) is 12.0 Å². The Morgan fingerprint density at radius 1 is 1.23 bits per heavy atom. The van der Waals surface area contributed by atoms with Crippen LogP contribution in [0.5, 0.6) is 0 Å². The molecule has 1 amide bonds. The van der Waals surface area contributed by atoms with E-state index < -0.39 is 30.8 Å². The van der Waals surface area contributed by atoms with Crippen LogP contribution in [0.4, 0.5) is 25.1 Å². The molecule has 0 aromatic carbocycles. The Bertz CT molecular complexity index is 906. The van der Waals surface area contributed by atoms with Gasteiger partial charge in [-0.2, -0.15) is 5.10 Å². The van der Waals surface area contributed by atoms with Crippen molar-refractivity contribution in [3.63, 3.8) is 0 Å².